The summed E-state index contributed by atoms with van der Waals surface area (Å²) in [7, 11) is 0. The molecule has 6 nitrogen and oxygen atoms in total. The van der Waals surface area contributed by atoms with Gasteiger partial charge in [0.15, 0.2) is 5.82 Å². The predicted molar refractivity (Wildman–Crippen MR) is 63.3 cm³/mol. The molecule has 0 aliphatic rings. The van der Waals surface area contributed by atoms with Gasteiger partial charge in [0.2, 0.25) is 0 Å². The number of hydrogen-bond donors (Lipinski definition) is 1. The van der Waals surface area contributed by atoms with Crippen LogP contribution >= 0.6 is 0 Å². The Labute approximate surface area is 100 Å². The predicted octanol–water partition coefficient (Wildman–Crippen LogP) is 1.37. The van der Waals surface area contributed by atoms with Gasteiger partial charge in [-0.15, -0.1) is 0 Å². The van der Waals surface area contributed by atoms with E-state index in [1.54, 1.807) is 0 Å². The molecule has 0 radical (unpaired) electrons. The summed E-state index contributed by atoms with van der Waals surface area (Å²) < 4.78 is 7.10. The first-order valence-corrected chi connectivity index (χ1v) is 5.82. The van der Waals surface area contributed by atoms with Gasteiger partial charge in [0.05, 0.1) is 12.2 Å². The Morgan fingerprint density at radius 3 is 2.94 bits per heavy atom. The lowest BCUT2D eigenvalue weighted by atomic mass is 10.3. The molecule has 0 aromatic carbocycles. The van der Waals surface area contributed by atoms with Gasteiger partial charge in [-0.3, -0.25) is 4.68 Å². The van der Waals surface area contributed by atoms with E-state index in [1.807, 2.05) is 31.5 Å². The van der Waals surface area contributed by atoms with Crippen molar-refractivity contribution in [3.63, 3.8) is 0 Å². The van der Waals surface area contributed by atoms with Gasteiger partial charge in [-0.1, -0.05) is 12.1 Å². The van der Waals surface area contributed by atoms with Crippen LogP contribution in [0.2, 0.25) is 0 Å². The number of aromatic nitrogens is 4. The van der Waals surface area contributed by atoms with Crippen LogP contribution in [-0.2, 0) is 13.1 Å². The summed E-state index contributed by atoms with van der Waals surface area (Å²) in [6.07, 6.45) is 0. The fourth-order valence-electron chi connectivity index (χ4n) is 1.63. The molecule has 0 bridgehead atoms. The van der Waals surface area contributed by atoms with Crippen molar-refractivity contribution in [1.29, 1.82) is 0 Å². The molecule has 0 unspecified atom stereocenters. The summed E-state index contributed by atoms with van der Waals surface area (Å²) >= 11 is 0. The van der Waals surface area contributed by atoms with Crippen molar-refractivity contribution in [3.8, 4) is 11.6 Å². The Bertz CT molecular complexity index is 488. The minimum absolute atomic E-state index is 0.528. The lowest BCUT2D eigenvalue weighted by molar-refractivity contribution is 0.415. The Morgan fingerprint density at radius 1 is 1.41 bits per heavy atom. The molecule has 0 fully saturated rings. The highest BCUT2D eigenvalue weighted by atomic mass is 16.5. The minimum Gasteiger partial charge on any atom is -0.332 e. The quantitative estimate of drug-likeness (QED) is 0.847. The molecule has 0 atom stereocenters. The van der Waals surface area contributed by atoms with Gasteiger partial charge >= 0.3 is 0 Å². The molecule has 2 heterocycles. The molecule has 0 saturated carbocycles. The van der Waals surface area contributed by atoms with Gasteiger partial charge in [-0.05, 0) is 26.5 Å². The van der Waals surface area contributed by atoms with Crippen molar-refractivity contribution >= 4 is 0 Å². The van der Waals surface area contributed by atoms with Crippen LogP contribution in [0.25, 0.3) is 11.6 Å². The molecule has 2 aromatic rings. The molecule has 6 heteroatoms. The lowest BCUT2D eigenvalue weighted by Gasteiger charge is -1.98. The van der Waals surface area contributed by atoms with Crippen LogP contribution in [0.3, 0.4) is 0 Å². The molecule has 0 amide bonds. The first-order valence-electron chi connectivity index (χ1n) is 5.82. The maximum Gasteiger partial charge on any atom is 0.276 e. The molecule has 17 heavy (non-hydrogen) atoms. The molecule has 0 spiro atoms. The van der Waals surface area contributed by atoms with Crippen LogP contribution < -0.4 is 5.32 Å². The highest BCUT2D eigenvalue weighted by Crippen LogP contribution is 2.18. The molecule has 0 aliphatic carbocycles. The third-order valence-corrected chi connectivity index (χ3v) is 2.42. The summed E-state index contributed by atoms with van der Waals surface area (Å²) in [6, 6.07) is 1.95. The van der Waals surface area contributed by atoms with Crippen LogP contribution in [0.15, 0.2) is 10.6 Å². The standard InChI is InChI=1S/C11H17N5O/c1-4-12-7-10-13-11(17-15-10)9-6-8(3)14-16(9)5-2/h6,12H,4-5,7H2,1-3H3. The zero-order valence-corrected chi connectivity index (χ0v) is 10.4. The topological polar surface area (TPSA) is 68.8 Å². The molecule has 2 aromatic heterocycles. The lowest BCUT2D eigenvalue weighted by Crippen LogP contribution is -2.12. The minimum atomic E-state index is 0.528. The molecular formula is C11H17N5O. The van der Waals surface area contributed by atoms with E-state index in [2.05, 4.69) is 20.6 Å². The highest BCUT2D eigenvalue weighted by molar-refractivity contribution is 5.47. The maximum absolute atomic E-state index is 5.24. The van der Waals surface area contributed by atoms with E-state index in [0.29, 0.717) is 18.3 Å². The van der Waals surface area contributed by atoms with Crippen molar-refractivity contribution in [2.45, 2.75) is 33.9 Å². The first kappa shape index (κ1) is 11.8. The SMILES string of the molecule is CCNCc1noc(-c2cc(C)nn2CC)n1. The Kier molecular flexibility index (Phi) is 3.53. The van der Waals surface area contributed by atoms with E-state index in [1.165, 1.54) is 0 Å². The zero-order valence-electron chi connectivity index (χ0n) is 10.4. The highest BCUT2D eigenvalue weighted by Gasteiger charge is 2.14. The molecule has 92 valence electrons. The van der Waals surface area contributed by atoms with E-state index in [4.69, 9.17) is 4.52 Å². The molecular weight excluding hydrogens is 218 g/mol. The summed E-state index contributed by atoms with van der Waals surface area (Å²) in [4.78, 5) is 4.34. The normalized spacial score (nSPS) is 11.0. The third-order valence-electron chi connectivity index (χ3n) is 2.42. The fourth-order valence-corrected chi connectivity index (χ4v) is 1.63. The molecule has 1 N–H and O–H groups in total. The summed E-state index contributed by atoms with van der Waals surface area (Å²) in [5.74, 6) is 1.20. The number of aryl methyl sites for hydroxylation is 2. The van der Waals surface area contributed by atoms with Crippen LogP contribution in [0.1, 0.15) is 25.4 Å². The Hall–Kier alpha value is -1.69. The van der Waals surface area contributed by atoms with Crippen LogP contribution in [0.5, 0.6) is 0 Å². The van der Waals surface area contributed by atoms with E-state index >= 15 is 0 Å². The monoisotopic (exact) mass is 235 g/mol. The van der Waals surface area contributed by atoms with Gasteiger partial charge < -0.3 is 9.84 Å². The zero-order chi connectivity index (χ0) is 12.3. The Morgan fingerprint density at radius 2 is 2.24 bits per heavy atom. The summed E-state index contributed by atoms with van der Waals surface area (Å²) in [6.45, 7) is 8.32. The molecule has 0 saturated heterocycles. The Balaban J connectivity index is 2.23. The average Bonchev–Trinajstić information content (AvgIpc) is 2.92. The number of nitrogens with one attached hydrogen (secondary N) is 1. The molecule has 0 aliphatic heterocycles. The van der Waals surface area contributed by atoms with Gasteiger partial charge in [0, 0.05) is 6.54 Å². The van der Waals surface area contributed by atoms with Gasteiger partial charge in [-0.25, -0.2) is 0 Å². The van der Waals surface area contributed by atoms with Crippen LogP contribution in [0, 0.1) is 6.92 Å². The third kappa shape index (κ3) is 2.52. The van der Waals surface area contributed by atoms with E-state index in [-0.39, 0.29) is 0 Å². The van der Waals surface area contributed by atoms with Crippen molar-refractivity contribution in [2.75, 3.05) is 6.54 Å². The average molecular weight is 235 g/mol. The second kappa shape index (κ2) is 5.09. The number of nitrogens with zero attached hydrogens (tertiary/aromatic N) is 4. The van der Waals surface area contributed by atoms with E-state index in [0.717, 1.165) is 24.5 Å². The van der Waals surface area contributed by atoms with Crippen molar-refractivity contribution in [2.24, 2.45) is 0 Å². The maximum atomic E-state index is 5.24. The van der Waals surface area contributed by atoms with Crippen molar-refractivity contribution < 1.29 is 4.52 Å². The van der Waals surface area contributed by atoms with Crippen LogP contribution in [-0.4, -0.2) is 26.5 Å². The van der Waals surface area contributed by atoms with Crippen LogP contribution in [0.4, 0.5) is 0 Å². The van der Waals surface area contributed by atoms with Gasteiger partial charge in [0.25, 0.3) is 5.89 Å². The molecule has 2 rings (SSSR count). The van der Waals surface area contributed by atoms with Crippen molar-refractivity contribution in [1.82, 2.24) is 25.2 Å². The fraction of sp³-hybridized carbons (Fsp3) is 0.545. The summed E-state index contributed by atoms with van der Waals surface area (Å²) in [5, 5.41) is 11.4. The second-order valence-corrected chi connectivity index (χ2v) is 3.78. The van der Waals surface area contributed by atoms with Gasteiger partial charge in [0.1, 0.15) is 5.69 Å². The van der Waals surface area contributed by atoms with E-state index < -0.39 is 0 Å². The van der Waals surface area contributed by atoms with Gasteiger partial charge in [-0.2, -0.15) is 10.1 Å². The number of rotatable bonds is 5. The number of hydrogen-bond acceptors (Lipinski definition) is 5. The first-order chi connectivity index (χ1) is 8.24. The second-order valence-electron chi connectivity index (χ2n) is 3.78. The van der Waals surface area contributed by atoms with Crippen molar-refractivity contribution in [3.05, 3.63) is 17.6 Å². The smallest absolute Gasteiger partial charge is 0.276 e. The summed E-state index contributed by atoms with van der Waals surface area (Å²) in [5.41, 5.74) is 1.83. The largest absolute Gasteiger partial charge is 0.332 e. The van der Waals surface area contributed by atoms with E-state index in [9.17, 15) is 0 Å².